The van der Waals surface area contributed by atoms with Crippen LogP contribution in [0.15, 0.2) is 30.3 Å². The number of carbonyl (C=O) groups excluding carboxylic acids is 1. The Morgan fingerprint density at radius 3 is 2.45 bits per heavy atom. The van der Waals surface area contributed by atoms with Gasteiger partial charge in [-0.2, -0.15) is 12.6 Å². The van der Waals surface area contributed by atoms with Crippen molar-refractivity contribution in [3.8, 4) is 0 Å². The zero-order chi connectivity index (χ0) is 21.4. The minimum absolute atomic E-state index is 0.0801. The number of carboxylic acid groups (broad SMARTS) is 2. The summed E-state index contributed by atoms with van der Waals surface area (Å²) in [4.78, 5) is 39.6. The summed E-state index contributed by atoms with van der Waals surface area (Å²) in [5, 5.41) is 19.2. The molecule has 0 aromatic heterocycles. The van der Waals surface area contributed by atoms with Crippen LogP contribution in [0.4, 0.5) is 0 Å². The molecule has 1 aliphatic heterocycles. The third-order valence-corrected chi connectivity index (χ3v) is 5.65. The largest absolute Gasteiger partial charge is 0.480 e. The van der Waals surface area contributed by atoms with E-state index < -0.39 is 36.0 Å². The van der Waals surface area contributed by atoms with Crippen molar-refractivity contribution in [2.24, 2.45) is 5.73 Å². The van der Waals surface area contributed by atoms with Crippen LogP contribution in [-0.4, -0.2) is 81.4 Å². The monoisotopic (exact) mass is 423 g/mol. The van der Waals surface area contributed by atoms with Gasteiger partial charge in [-0.3, -0.25) is 14.5 Å². The average Bonchev–Trinajstić information content (AvgIpc) is 3.19. The van der Waals surface area contributed by atoms with Crippen LogP contribution >= 0.6 is 12.6 Å². The van der Waals surface area contributed by atoms with Gasteiger partial charge < -0.3 is 20.8 Å². The SMILES string of the molecule is NCCN(C(CCc1ccccc1)C(=O)O)[C@@H](CS)C(=O)N1CCC[C@H]1C(=O)O. The molecule has 0 aliphatic carbocycles. The van der Waals surface area contributed by atoms with Crippen LogP contribution in [-0.2, 0) is 20.8 Å². The van der Waals surface area contributed by atoms with Crippen LogP contribution in [0.3, 0.4) is 0 Å². The minimum Gasteiger partial charge on any atom is -0.480 e. The molecule has 3 atom stereocenters. The number of carbonyl (C=O) groups is 3. The highest BCUT2D eigenvalue weighted by Crippen LogP contribution is 2.22. The summed E-state index contributed by atoms with van der Waals surface area (Å²) in [7, 11) is 0. The highest BCUT2D eigenvalue weighted by atomic mass is 32.1. The van der Waals surface area contributed by atoms with Gasteiger partial charge in [0.05, 0.1) is 6.04 Å². The van der Waals surface area contributed by atoms with E-state index >= 15 is 0 Å². The number of carboxylic acids is 2. The number of nitrogens with zero attached hydrogens (tertiary/aromatic N) is 2. The summed E-state index contributed by atoms with van der Waals surface area (Å²) in [6.07, 6.45) is 1.84. The van der Waals surface area contributed by atoms with Crippen molar-refractivity contribution in [3.63, 3.8) is 0 Å². The number of aryl methyl sites for hydroxylation is 1. The summed E-state index contributed by atoms with van der Waals surface area (Å²) in [5.41, 5.74) is 6.72. The molecule has 1 aromatic carbocycles. The fourth-order valence-corrected chi connectivity index (χ4v) is 4.23. The Morgan fingerprint density at radius 2 is 1.90 bits per heavy atom. The lowest BCUT2D eigenvalue weighted by Crippen LogP contribution is -2.58. The summed E-state index contributed by atoms with van der Waals surface area (Å²) in [5.74, 6) is -2.40. The van der Waals surface area contributed by atoms with Crippen LogP contribution in [0.25, 0.3) is 0 Å². The van der Waals surface area contributed by atoms with E-state index in [0.29, 0.717) is 32.2 Å². The van der Waals surface area contributed by atoms with Gasteiger partial charge in [-0.25, -0.2) is 4.79 Å². The first kappa shape index (κ1) is 23.2. The van der Waals surface area contributed by atoms with Crippen molar-refractivity contribution >= 4 is 30.5 Å². The molecule has 2 rings (SSSR count). The summed E-state index contributed by atoms with van der Waals surface area (Å²) in [6, 6.07) is 6.87. The molecule has 0 bridgehead atoms. The van der Waals surface area contributed by atoms with Gasteiger partial charge in [0, 0.05) is 25.4 Å². The topological polar surface area (TPSA) is 124 Å². The van der Waals surface area contributed by atoms with E-state index in [1.54, 1.807) is 4.90 Å². The molecule has 29 heavy (non-hydrogen) atoms. The third-order valence-electron chi connectivity index (χ3n) is 5.30. The van der Waals surface area contributed by atoms with E-state index in [4.69, 9.17) is 5.73 Å². The predicted molar refractivity (Wildman–Crippen MR) is 112 cm³/mol. The van der Waals surface area contributed by atoms with E-state index in [0.717, 1.165) is 5.56 Å². The highest BCUT2D eigenvalue weighted by molar-refractivity contribution is 7.80. The number of rotatable bonds is 11. The molecule has 1 fully saturated rings. The first-order valence-electron chi connectivity index (χ1n) is 9.77. The van der Waals surface area contributed by atoms with Gasteiger partial charge in [0.2, 0.25) is 5.91 Å². The quantitative estimate of drug-likeness (QED) is 0.386. The molecular weight excluding hydrogens is 394 g/mol. The fourth-order valence-electron chi connectivity index (χ4n) is 3.86. The first-order valence-corrected chi connectivity index (χ1v) is 10.4. The number of aliphatic carboxylic acids is 2. The Bertz CT molecular complexity index is 703. The average molecular weight is 424 g/mol. The van der Waals surface area contributed by atoms with Crippen molar-refractivity contribution in [3.05, 3.63) is 35.9 Å². The molecule has 160 valence electrons. The van der Waals surface area contributed by atoms with E-state index in [1.807, 2.05) is 30.3 Å². The van der Waals surface area contributed by atoms with Gasteiger partial charge in [0.1, 0.15) is 12.1 Å². The highest BCUT2D eigenvalue weighted by Gasteiger charge is 2.41. The van der Waals surface area contributed by atoms with Crippen molar-refractivity contribution in [2.75, 3.05) is 25.4 Å². The number of hydrogen-bond acceptors (Lipinski definition) is 6. The Labute approximate surface area is 176 Å². The van der Waals surface area contributed by atoms with Crippen LogP contribution in [0.5, 0.6) is 0 Å². The molecule has 0 saturated carbocycles. The Kier molecular flexibility index (Phi) is 8.94. The molecule has 1 saturated heterocycles. The van der Waals surface area contributed by atoms with Gasteiger partial charge in [-0.05, 0) is 31.2 Å². The number of hydrogen-bond donors (Lipinski definition) is 4. The van der Waals surface area contributed by atoms with Gasteiger partial charge in [-0.1, -0.05) is 30.3 Å². The Morgan fingerprint density at radius 1 is 1.21 bits per heavy atom. The summed E-state index contributed by atoms with van der Waals surface area (Å²) >= 11 is 4.29. The Balaban J connectivity index is 2.22. The maximum Gasteiger partial charge on any atom is 0.326 e. The van der Waals surface area contributed by atoms with E-state index in [2.05, 4.69) is 12.6 Å². The van der Waals surface area contributed by atoms with Gasteiger partial charge >= 0.3 is 11.9 Å². The maximum absolute atomic E-state index is 13.1. The van der Waals surface area contributed by atoms with E-state index in [9.17, 15) is 24.6 Å². The van der Waals surface area contributed by atoms with Crippen molar-refractivity contribution < 1.29 is 24.6 Å². The molecule has 1 amide bonds. The van der Waals surface area contributed by atoms with E-state index in [-0.39, 0.29) is 18.8 Å². The van der Waals surface area contributed by atoms with Crippen LogP contribution in [0.1, 0.15) is 24.8 Å². The number of amides is 1. The van der Waals surface area contributed by atoms with Crippen molar-refractivity contribution in [1.82, 2.24) is 9.80 Å². The molecular formula is C20H29N3O5S. The molecule has 1 unspecified atom stereocenters. The number of likely N-dealkylation sites (tertiary alicyclic amines) is 1. The third kappa shape index (κ3) is 5.94. The van der Waals surface area contributed by atoms with Crippen LogP contribution < -0.4 is 5.73 Å². The van der Waals surface area contributed by atoms with Crippen molar-refractivity contribution in [2.45, 2.75) is 43.8 Å². The lowest BCUT2D eigenvalue weighted by molar-refractivity contribution is -0.153. The second-order valence-corrected chi connectivity index (χ2v) is 7.50. The van der Waals surface area contributed by atoms with Gasteiger partial charge in [0.25, 0.3) is 0 Å². The molecule has 1 heterocycles. The Hall–Kier alpha value is -2.10. The number of nitrogens with two attached hydrogens (primary N) is 1. The number of benzene rings is 1. The summed E-state index contributed by atoms with van der Waals surface area (Å²) < 4.78 is 0. The molecule has 1 aliphatic rings. The molecule has 4 N–H and O–H groups in total. The molecule has 1 aromatic rings. The number of thiol groups is 1. The lowest BCUT2D eigenvalue weighted by atomic mass is 10.0. The van der Waals surface area contributed by atoms with Gasteiger partial charge in [0.15, 0.2) is 0 Å². The van der Waals surface area contributed by atoms with Crippen molar-refractivity contribution in [1.29, 1.82) is 0 Å². The molecule has 8 nitrogen and oxygen atoms in total. The van der Waals surface area contributed by atoms with Crippen LogP contribution in [0.2, 0.25) is 0 Å². The molecule has 0 radical (unpaired) electrons. The smallest absolute Gasteiger partial charge is 0.326 e. The standard InChI is InChI=1S/C20H29N3O5S/c21-10-12-22(16(20(27)28)9-8-14-5-2-1-3-6-14)17(13-29)18(24)23-11-4-7-15(23)19(25)26/h1-3,5-6,15-17,29H,4,7-13,21H2,(H,25,26)(H,27,28)/t15-,16?,17-/m0/s1. The maximum atomic E-state index is 13.1. The lowest BCUT2D eigenvalue weighted by Gasteiger charge is -2.37. The zero-order valence-corrected chi connectivity index (χ0v) is 17.2. The van der Waals surface area contributed by atoms with Gasteiger partial charge in [-0.15, -0.1) is 0 Å². The summed E-state index contributed by atoms with van der Waals surface area (Å²) in [6.45, 7) is 0.724. The van der Waals surface area contributed by atoms with E-state index in [1.165, 1.54) is 4.90 Å². The normalized spacial score (nSPS) is 18.6. The zero-order valence-electron chi connectivity index (χ0n) is 16.3. The van der Waals surface area contributed by atoms with Crippen LogP contribution in [0, 0.1) is 0 Å². The first-order chi connectivity index (χ1) is 13.9. The second-order valence-electron chi connectivity index (χ2n) is 7.13. The minimum atomic E-state index is -1.04. The fraction of sp³-hybridized carbons (Fsp3) is 0.550. The molecule has 9 heteroatoms. The predicted octanol–water partition coefficient (Wildman–Crippen LogP) is 0.707. The second kappa shape index (κ2) is 11.2. The molecule has 0 spiro atoms.